The molecule has 1 atom stereocenters. The Balaban J connectivity index is 1.50. The molecule has 2 heterocycles. The van der Waals surface area contributed by atoms with Gasteiger partial charge in [0.05, 0.1) is 19.3 Å². The van der Waals surface area contributed by atoms with Gasteiger partial charge in [0.2, 0.25) is 0 Å². The van der Waals surface area contributed by atoms with Gasteiger partial charge < -0.3 is 19.9 Å². The summed E-state index contributed by atoms with van der Waals surface area (Å²) in [4.78, 5) is 20.0. The molecule has 0 aliphatic carbocycles. The highest BCUT2D eigenvalue weighted by Crippen LogP contribution is 2.27. The number of benzene rings is 2. The minimum Gasteiger partial charge on any atom is -0.379 e. The van der Waals surface area contributed by atoms with Crippen LogP contribution in [-0.4, -0.2) is 86.8 Å². The van der Waals surface area contributed by atoms with Gasteiger partial charge in [-0.3, -0.25) is 4.90 Å². The summed E-state index contributed by atoms with van der Waals surface area (Å²) in [6, 6.07) is 15.2. The van der Waals surface area contributed by atoms with Crippen LogP contribution in [0.3, 0.4) is 0 Å². The first-order chi connectivity index (χ1) is 15.1. The van der Waals surface area contributed by atoms with Crippen molar-refractivity contribution in [3.8, 4) is 0 Å². The normalized spacial score (nSPS) is 19.9. The maximum absolute atomic E-state index is 13.3. The van der Waals surface area contributed by atoms with E-state index in [4.69, 9.17) is 4.74 Å². The number of hydrogen-bond acceptors (Lipinski definition) is 4. The van der Waals surface area contributed by atoms with E-state index >= 15 is 0 Å². The highest BCUT2D eigenvalue weighted by molar-refractivity contribution is 5.86. The number of carbonyl (C=O) groups excluding carboxylic acids is 1. The first kappa shape index (κ1) is 22.1. The molecule has 31 heavy (non-hydrogen) atoms. The van der Waals surface area contributed by atoms with Crippen molar-refractivity contribution in [1.29, 1.82) is 0 Å². The van der Waals surface area contributed by atoms with Crippen LogP contribution in [0.25, 0.3) is 10.8 Å². The Morgan fingerprint density at radius 3 is 2.58 bits per heavy atom. The SMILES string of the molecule is CN1CCC(N(C)C(=O)NC(CCN2CCOCC2)c2cccc3ccccc23)CC1. The Bertz CT molecular complexity index is 854. The number of carbonyl (C=O) groups is 1. The molecule has 0 radical (unpaired) electrons. The van der Waals surface area contributed by atoms with Gasteiger partial charge in [-0.25, -0.2) is 4.79 Å². The molecule has 2 amide bonds. The maximum atomic E-state index is 13.3. The second kappa shape index (κ2) is 10.4. The number of urea groups is 1. The number of piperidine rings is 1. The van der Waals surface area contributed by atoms with Crippen molar-refractivity contribution in [3.63, 3.8) is 0 Å². The highest BCUT2D eigenvalue weighted by Gasteiger charge is 2.26. The van der Waals surface area contributed by atoms with Crippen LogP contribution in [0.15, 0.2) is 42.5 Å². The minimum atomic E-state index is -0.0184. The molecule has 2 aromatic carbocycles. The predicted octanol–water partition coefficient (Wildman–Crippen LogP) is 3.34. The molecule has 1 N–H and O–H groups in total. The summed E-state index contributed by atoms with van der Waals surface area (Å²) >= 11 is 0. The van der Waals surface area contributed by atoms with Crippen LogP contribution >= 0.6 is 0 Å². The third-order valence-corrected chi connectivity index (χ3v) is 6.89. The van der Waals surface area contributed by atoms with E-state index < -0.39 is 0 Å². The zero-order valence-corrected chi connectivity index (χ0v) is 18.9. The molecular weight excluding hydrogens is 388 g/mol. The zero-order valence-electron chi connectivity index (χ0n) is 18.9. The first-order valence-corrected chi connectivity index (χ1v) is 11.6. The molecule has 6 heteroatoms. The van der Waals surface area contributed by atoms with E-state index in [2.05, 4.69) is 64.6 Å². The Morgan fingerprint density at radius 1 is 1.10 bits per heavy atom. The monoisotopic (exact) mass is 424 g/mol. The molecule has 6 nitrogen and oxygen atoms in total. The Kier molecular flexibility index (Phi) is 7.43. The fraction of sp³-hybridized carbons (Fsp3) is 0.560. The molecule has 2 aliphatic heterocycles. The number of ether oxygens (including phenoxy) is 1. The van der Waals surface area contributed by atoms with Crippen LogP contribution in [0.4, 0.5) is 4.79 Å². The van der Waals surface area contributed by atoms with Gasteiger partial charge in [0.1, 0.15) is 0 Å². The number of fused-ring (bicyclic) bond motifs is 1. The molecule has 4 rings (SSSR count). The third-order valence-electron chi connectivity index (χ3n) is 6.89. The fourth-order valence-corrected chi connectivity index (χ4v) is 4.80. The van der Waals surface area contributed by atoms with Crippen LogP contribution < -0.4 is 5.32 Å². The fourth-order valence-electron chi connectivity index (χ4n) is 4.80. The van der Waals surface area contributed by atoms with Gasteiger partial charge in [-0.05, 0) is 55.7 Å². The van der Waals surface area contributed by atoms with E-state index in [1.807, 2.05) is 11.9 Å². The second-order valence-electron chi connectivity index (χ2n) is 8.96. The lowest BCUT2D eigenvalue weighted by molar-refractivity contribution is 0.0361. The van der Waals surface area contributed by atoms with Crippen LogP contribution in [-0.2, 0) is 4.74 Å². The van der Waals surface area contributed by atoms with Crippen LogP contribution in [0.5, 0.6) is 0 Å². The van der Waals surface area contributed by atoms with Crippen molar-refractivity contribution in [1.82, 2.24) is 20.0 Å². The Labute approximate surface area is 186 Å². The van der Waals surface area contributed by atoms with E-state index in [-0.39, 0.29) is 12.1 Å². The summed E-state index contributed by atoms with van der Waals surface area (Å²) in [5.41, 5.74) is 1.21. The van der Waals surface area contributed by atoms with Gasteiger partial charge in [-0.15, -0.1) is 0 Å². The van der Waals surface area contributed by atoms with Gasteiger partial charge >= 0.3 is 6.03 Å². The standard InChI is InChI=1S/C25H36N4O2/c1-27-13-10-21(11-14-27)28(2)25(30)26-24(12-15-29-16-18-31-19-17-29)23-9-5-7-20-6-3-4-8-22(20)23/h3-9,21,24H,10-19H2,1-2H3,(H,26,30). The van der Waals surface area contributed by atoms with Crippen molar-refractivity contribution >= 4 is 16.8 Å². The minimum absolute atomic E-state index is 0.0184. The van der Waals surface area contributed by atoms with Crippen molar-refractivity contribution < 1.29 is 9.53 Å². The number of hydrogen-bond donors (Lipinski definition) is 1. The van der Waals surface area contributed by atoms with Crippen molar-refractivity contribution in [2.45, 2.75) is 31.3 Å². The number of amides is 2. The van der Waals surface area contributed by atoms with E-state index in [0.717, 1.165) is 65.2 Å². The smallest absolute Gasteiger partial charge is 0.317 e. The van der Waals surface area contributed by atoms with Gasteiger partial charge in [0, 0.05) is 32.7 Å². The molecule has 0 saturated carbocycles. The van der Waals surface area contributed by atoms with E-state index in [0.29, 0.717) is 6.04 Å². The number of morpholine rings is 1. The van der Waals surface area contributed by atoms with E-state index in [9.17, 15) is 4.79 Å². The van der Waals surface area contributed by atoms with Crippen molar-refractivity contribution in [3.05, 3.63) is 48.0 Å². The predicted molar refractivity (Wildman–Crippen MR) is 125 cm³/mol. The molecular formula is C25H36N4O2. The molecule has 1 unspecified atom stereocenters. The van der Waals surface area contributed by atoms with Gasteiger partial charge in [0.25, 0.3) is 0 Å². The molecule has 2 aromatic rings. The van der Waals surface area contributed by atoms with E-state index in [1.54, 1.807) is 0 Å². The molecule has 2 fully saturated rings. The Morgan fingerprint density at radius 2 is 1.81 bits per heavy atom. The highest BCUT2D eigenvalue weighted by atomic mass is 16.5. The molecule has 0 spiro atoms. The largest absolute Gasteiger partial charge is 0.379 e. The average molecular weight is 425 g/mol. The summed E-state index contributed by atoms with van der Waals surface area (Å²) in [5, 5.41) is 5.83. The van der Waals surface area contributed by atoms with Gasteiger partial charge in [-0.2, -0.15) is 0 Å². The zero-order chi connectivity index (χ0) is 21.6. The van der Waals surface area contributed by atoms with Gasteiger partial charge in [-0.1, -0.05) is 42.5 Å². The summed E-state index contributed by atoms with van der Waals surface area (Å²) in [5.74, 6) is 0. The molecule has 2 aliphatic rings. The van der Waals surface area contributed by atoms with Crippen molar-refractivity contribution in [2.75, 3.05) is 60.0 Å². The molecule has 0 aromatic heterocycles. The summed E-state index contributed by atoms with van der Waals surface area (Å²) < 4.78 is 5.50. The number of nitrogens with one attached hydrogen (secondary N) is 1. The lowest BCUT2D eigenvalue weighted by Crippen LogP contribution is -2.49. The summed E-state index contributed by atoms with van der Waals surface area (Å²) in [6.45, 7) is 6.57. The summed E-state index contributed by atoms with van der Waals surface area (Å²) in [6.07, 6.45) is 2.96. The van der Waals surface area contributed by atoms with Crippen molar-refractivity contribution in [2.24, 2.45) is 0 Å². The number of rotatable bonds is 6. The topological polar surface area (TPSA) is 48.0 Å². The first-order valence-electron chi connectivity index (χ1n) is 11.6. The molecule has 2 saturated heterocycles. The van der Waals surface area contributed by atoms with Crippen LogP contribution in [0.1, 0.15) is 30.9 Å². The lowest BCUT2D eigenvalue weighted by atomic mass is 9.96. The third kappa shape index (κ3) is 5.56. The average Bonchev–Trinajstić information content (AvgIpc) is 2.82. The van der Waals surface area contributed by atoms with Crippen LogP contribution in [0.2, 0.25) is 0 Å². The maximum Gasteiger partial charge on any atom is 0.317 e. The number of nitrogens with zero attached hydrogens (tertiary/aromatic N) is 3. The lowest BCUT2D eigenvalue weighted by Gasteiger charge is -2.36. The summed E-state index contributed by atoms with van der Waals surface area (Å²) in [7, 11) is 4.10. The molecule has 168 valence electrons. The van der Waals surface area contributed by atoms with Gasteiger partial charge in [0.15, 0.2) is 0 Å². The quantitative estimate of drug-likeness (QED) is 0.773. The molecule has 0 bridgehead atoms. The number of likely N-dealkylation sites (tertiary alicyclic amines) is 1. The Hall–Kier alpha value is -2.15. The second-order valence-corrected chi connectivity index (χ2v) is 8.96. The van der Waals surface area contributed by atoms with Crippen LogP contribution in [0, 0.1) is 0 Å². The van der Waals surface area contributed by atoms with E-state index in [1.165, 1.54) is 16.3 Å².